The van der Waals surface area contributed by atoms with Crippen molar-refractivity contribution in [3.8, 4) is 11.1 Å². The predicted octanol–water partition coefficient (Wildman–Crippen LogP) is 3.84. The molecule has 5 heteroatoms. The van der Waals surface area contributed by atoms with Gasteiger partial charge in [-0.2, -0.15) is 13.2 Å². The second kappa shape index (κ2) is 3.66. The standard InChI is InChI=1S/C11H7F4N/c12-9-3-1-2-8(7-4-5-16-6-7)10(9)11(13,14)15/h1-6,16H. The third kappa shape index (κ3) is 1.80. The summed E-state index contributed by atoms with van der Waals surface area (Å²) in [5.41, 5.74) is -1.07. The average molecular weight is 229 g/mol. The van der Waals surface area contributed by atoms with Crippen molar-refractivity contribution in [2.24, 2.45) is 0 Å². The Morgan fingerprint density at radius 3 is 2.38 bits per heavy atom. The number of halogens is 4. The van der Waals surface area contributed by atoms with E-state index in [-0.39, 0.29) is 5.56 Å². The van der Waals surface area contributed by atoms with Crippen LogP contribution in [0.1, 0.15) is 5.56 Å². The molecule has 0 aliphatic heterocycles. The lowest BCUT2D eigenvalue weighted by molar-refractivity contribution is -0.139. The normalized spacial score (nSPS) is 11.8. The van der Waals surface area contributed by atoms with Crippen LogP contribution in [-0.4, -0.2) is 4.98 Å². The lowest BCUT2D eigenvalue weighted by Crippen LogP contribution is -2.10. The van der Waals surface area contributed by atoms with Crippen molar-refractivity contribution in [3.05, 3.63) is 48.0 Å². The van der Waals surface area contributed by atoms with Crippen LogP contribution in [0.25, 0.3) is 11.1 Å². The number of rotatable bonds is 1. The van der Waals surface area contributed by atoms with Crippen molar-refractivity contribution in [1.29, 1.82) is 0 Å². The van der Waals surface area contributed by atoms with Crippen LogP contribution < -0.4 is 0 Å². The van der Waals surface area contributed by atoms with E-state index in [1.165, 1.54) is 30.6 Å². The van der Waals surface area contributed by atoms with Crippen LogP contribution in [0.15, 0.2) is 36.7 Å². The van der Waals surface area contributed by atoms with E-state index >= 15 is 0 Å². The minimum atomic E-state index is -4.70. The molecule has 2 aromatic rings. The monoisotopic (exact) mass is 229 g/mol. The minimum Gasteiger partial charge on any atom is -0.367 e. The van der Waals surface area contributed by atoms with Gasteiger partial charge in [-0.15, -0.1) is 0 Å². The SMILES string of the molecule is Fc1cccc(-c2cc[nH]c2)c1C(F)(F)F. The van der Waals surface area contributed by atoms with Crippen LogP contribution in [0.5, 0.6) is 0 Å². The van der Waals surface area contributed by atoms with Gasteiger partial charge in [0.2, 0.25) is 0 Å². The third-order valence-corrected chi connectivity index (χ3v) is 2.21. The summed E-state index contributed by atoms with van der Waals surface area (Å²) >= 11 is 0. The fourth-order valence-corrected chi connectivity index (χ4v) is 1.54. The summed E-state index contributed by atoms with van der Waals surface area (Å²) < 4.78 is 51.2. The van der Waals surface area contributed by atoms with Gasteiger partial charge in [-0.05, 0) is 23.3 Å². The first kappa shape index (κ1) is 10.7. The molecule has 0 saturated carbocycles. The van der Waals surface area contributed by atoms with E-state index in [4.69, 9.17) is 0 Å². The maximum atomic E-state index is 13.2. The van der Waals surface area contributed by atoms with E-state index in [1.54, 1.807) is 0 Å². The Balaban J connectivity index is 2.67. The largest absolute Gasteiger partial charge is 0.419 e. The van der Waals surface area contributed by atoms with Gasteiger partial charge < -0.3 is 4.98 Å². The lowest BCUT2D eigenvalue weighted by atomic mass is 10.0. The van der Waals surface area contributed by atoms with Gasteiger partial charge in [-0.1, -0.05) is 12.1 Å². The van der Waals surface area contributed by atoms with Crippen molar-refractivity contribution in [2.45, 2.75) is 6.18 Å². The molecule has 1 aromatic heterocycles. The number of benzene rings is 1. The Morgan fingerprint density at radius 1 is 1.06 bits per heavy atom. The molecule has 16 heavy (non-hydrogen) atoms. The zero-order chi connectivity index (χ0) is 11.8. The second-order valence-electron chi connectivity index (χ2n) is 3.26. The number of nitrogens with one attached hydrogen (secondary N) is 1. The van der Waals surface area contributed by atoms with Crippen LogP contribution in [0.2, 0.25) is 0 Å². The molecule has 0 aliphatic rings. The summed E-state index contributed by atoms with van der Waals surface area (Å²) in [6.07, 6.45) is -1.82. The molecule has 0 radical (unpaired) electrons. The van der Waals surface area contributed by atoms with Crippen molar-refractivity contribution in [3.63, 3.8) is 0 Å². The van der Waals surface area contributed by atoms with Gasteiger partial charge in [-0.3, -0.25) is 0 Å². The first-order chi connectivity index (χ1) is 7.50. The smallest absolute Gasteiger partial charge is 0.367 e. The molecular weight excluding hydrogens is 222 g/mol. The third-order valence-electron chi connectivity index (χ3n) is 2.21. The van der Waals surface area contributed by atoms with Gasteiger partial charge in [0.15, 0.2) is 0 Å². The average Bonchev–Trinajstić information content (AvgIpc) is 2.67. The van der Waals surface area contributed by atoms with Crippen LogP contribution in [0, 0.1) is 5.82 Å². The number of hydrogen-bond donors (Lipinski definition) is 1. The van der Waals surface area contributed by atoms with Gasteiger partial charge in [0.25, 0.3) is 0 Å². The van der Waals surface area contributed by atoms with Crippen LogP contribution >= 0.6 is 0 Å². The summed E-state index contributed by atoms with van der Waals surface area (Å²) in [7, 11) is 0. The molecule has 1 nitrogen and oxygen atoms in total. The van der Waals surface area contributed by atoms with E-state index in [9.17, 15) is 17.6 Å². The van der Waals surface area contributed by atoms with Gasteiger partial charge in [-0.25, -0.2) is 4.39 Å². The van der Waals surface area contributed by atoms with Crippen LogP contribution in [0.3, 0.4) is 0 Å². The molecule has 1 aromatic carbocycles. The molecular formula is C11H7F4N. The number of H-pyrrole nitrogens is 1. The summed E-state index contributed by atoms with van der Waals surface area (Å²) in [6, 6.07) is 4.77. The Kier molecular flexibility index (Phi) is 2.46. The number of aromatic amines is 1. The predicted molar refractivity (Wildman–Crippen MR) is 51.2 cm³/mol. The van der Waals surface area contributed by atoms with E-state index in [0.717, 1.165) is 6.07 Å². The fourth-order valence-electron chi connectivity index (χ4n) is 1.54. The van der Waals surface area contributed by atoms with Crippen molar-refractivity contribution >= 4 is 0 Å². The molecule has 0 atom stereocenters. The maximum Gasteiger partial charge on any atom is 0.419 e. The van der Waals surface area contributed by atoms with Crippen molar-refractivity contribution in [2.75, 3.05) is 0 Å². The highest BCUT2D eigenvalue weighted by molar-refractivity contribution is 5.67. The van der Waals surface area contributed by atoms with E-state index in [1.807, 2.05) is 0 Å². The van der Waals surface area contributed by atoms with Crippen molar-refractivity contribution in [1.82, 2.24) is 4.98 Å². The molecule has 0 aliphatic carbocycles. The summed E-state index contributed by atoms with van der Waals surface area (Å²) in [6.45, 7) is 0. The molecule has 0 saturated heterocycles. The highest BCUT2D eigenvalue weighted by atomic mass is 19.4. The molecule has 1 heterocycles. The highest BCUT2D eigenvalue weighted by Gasteiger charge is 2.36. The fraction of sp³-hybridized carbons (Fsp3) is 0.0909. The molecule has 2 rings (SSSR count). The van der Waals surface area contributed by atoms with Crippen molar-refractivity contribution < 1.29 is 17.6 Å². The topological polar surface area (TPSA) is 15.8 Å². The summed E-state index contributed by atoms with van der Waals surface area (Å²) in [4.78, 5) is 2.64. The lowest BCUT2D eigenvalue weighted by Gasteiger charge is -2.12. The molecule has 0 amide bonds. The number of hydrogen-bond acceptors (Lipinski definition) is 0. The Labute approximate surface area is 88.7 Å². The Morgan fingerprint density at radius 2 is 1.81 bits per heavy atom. The highest BCUT2D eigenvalue weighted by Crippen LogP contribution is 2.38. The van der Waals surface area contributed by atoms with Gasteiger partial charge >= 0.3 is 6.18 Å². The number of aromatic nitrogens is 1. The second-order valence-corrected chi connectivity index (χ2v) is 3.26. The first-order valence-corrected chi connectivity index (χ1v) is 4.49. The quantitative estimate of drug-likeness (QED) is 0.715. The number of alkyl halides is 3. The van der Waals surface area contributed by atoms with Gasteiger partial charge in [0, 0.05) is 12.4 Å². The maximum absolute atomic E-state index is 13.2. The van der Waals surface area contributed by atoms with E-state index < -0.39 is 17.6 Å². The van der Waals surface area contributed by atoms with E-state index in [0.29, 0.717) is 5.56 Å². The van der Waals surface area contributed by atoms with E-state index in [2.05, 4.69) is 4.98 Å². The summed E-state index contributed by atoms with van der Waals surface area (Å²) in [5.74, 6) is -1.26. The Hall–Kier alpha value is -1.78. The molecule has 0 fully saturated rings. The molecule has 0 spiro atoms. The zero-order valence-corrected chi connectivity index (χ0v) is 7.98. The van der Waals surface area contributed by atoms with Gasteiger partial charge in [0.1, 0.15) is 5.82 Å². The molecule has 1 N–H and O–H groups in total. The van der Waals surface area contributed by atoms with Crippen LogP contribution in [-0.2, 0) is 6.18 Å². The minimum absolute atomic E-state index is 0.159. The molecule has 0 bridgehead atoms. The Bertz CT molecular complexity index is 485. The first-order valence-electron chi connectivity index (χ1n) is 4.49. The molecule has 0 unspecified atom stereocenters. The zero-order valence-electron chi connectivity index (χ0n) is 7.98. The summed E-state index contributed by atoms with van der Waals surface area (Å²) in [5, 5.41) is 0. The molecule has 84 valence electrons. The van der Waals surface area contributed by atoms with Crippen LogP contribution in [0.4, 0.5) is 17.6 Å². The van der Waals surface area contributed by atoms with Gasteiger partial charge in [0.05, 0.1) is 5.56 Å².